The molecular weight excluding hydrogens is 198 g/mol. The minimum absolute atomic E-state index is 0.00560. The van der Waals surface area contributed by atoms with Gasteiger partial charge in [0.2, 0.25) is 5.91 Å². The van der Waals surface area contributed by atoms with E-state index < -0.39 is 0 Å². The van der Waals surface area contributed by atoms with Gasteiger partial charge in [0.15, 0.2) is 0 Å². The van der Waals surface area contributed by atoms with E-state index in [4.69, 9.17) is 0 Å². The van der Waals surface area contributed by atoms with E-state index in [9.17, 15) is 4.79 Å². The first-order valence-corrected chi connectivity index (χ1v) is 6.09. The van der Waals surface area contributed by atoms with Crippen molar-refractivity contribution in [3.8, 4) is 0 Å². The van der Waals surface area contributed by atoms with Crippen molar-refractivity contribution in [3.05, 3.63) is 29.8 Å². The molecule has 0 saturated carbocycles. The molecule has 0 aliphatic heterocycles. The minimum Gasteiger partial charge on any atom is -0.326 e. The van der Waals surface area contributed by atoms with Crippen LogP contribution in [0.15, 0.2) is 24.3 Å². The highest BCUT2D eigenvalue weighted by molar-refractivity contribution is 5.89. The first-order valence-electron chi connectivity index (χ1n) is 6.09. The van der Waals surface area contributed by atoms with Crippen molar-refractivity contribution in [2.45, 2.75) is 47.0 Å². The summed E-state index contributed by atoms with van der Waals surface area (Å²) < 4.78 is 0. The molecule has 2 heteroatoms. The Morgan fingerprint density at radius 2 is 1.88 bits per heavy atom. The summed E-state index contributed by atoms with van der Waals surface area (Å²) in [7, 11) is 0. The molecule has 16 heavy (non-hydrogen) atoms. The second-order valence-corrected chi connectivity index (χ2v) is 3.44. The molecule has 0 heterocycles. The summed E-state index contributed by atoms with van der Waals surface area (Å²) in [4.78, 5) is 10.9. The fourth-order valence-electron chi connectivity index (χ4n) is 1.42. The molecule has 1 aromatic carbocycles. The summed E-state index contributed by atoms with van der Waals surface area (Å²) in [6.07, 6.45) is 3.37. The van der Waals surface area contributed by atoms with Gasteiger partial charge in [-0.15, -0.1) is 0 Å². The maximum Gasteiger partial charge on any atom is 0.221 e. The lowest BCUT2D eigenvalue weighted by molar-refractivity contribution is -0.114. The lowest BCUT2D eigenvalue weighted by atomic mass is 10.1. The lowest BCUT2D eigenvalue weighted by Gasteiger charge is -2.08. The van der Waals surface area contributed by atoms with Crippen LogP contribution < -0.4 is 5.32 Å². The van der Waals surface area contributed by atoms with Crippen molar-refractivity contribution in [2.24, 2.45) is 0 Å². The SMILES string of the molecule is CC.CCCCc1ccccc1NC(C)=O. The van der Waals surface area contributed by atoms with Crippen LogP contribution in [0.2, 0.25) is 0 Å². The van der Waals surface area contributed by atoms with Crippen LogP contribution in [0.5, 0.6) is 0 Å². The summed E-state index contributed by atoms with van der Waals surface area (Å²) in [5, 5.41) is 2.84. The number of aryl methyl sites for hydroxylation is 1. The van der Waals surface area contributed by atoms with E-state index in [1.807, 2.05) is 32.0 Å². The number of anilines is 1. The van der Waals surface area contributed by atoms with Crippen molar-refractivity contribution in [1.29, 1.82) is 0 Å². The van der Waals surface area contributed by atoms with Gasteiger partial charge in [-0.1, -0.05) is 45.4 Å². The number of nitrogens with one attached hydrogen (secondary N) is 1. The highest BCUT2D eigenvalue weighted by Gasteiger charge is 2.01. The quantitative estimate of drug-likeness (QED) is 0.817. The third-order valence-corrected chi connectivity index (χ3v) is 2.13. The number of rotatable bonds is 4. The van der Waals surface area contributed by atoms with Crippen molar-refractivity contribution < 1.29 is 4.79 Å². The molecule has 1 aromatic rings. The number of amides is 1. The van der Waals surface area contributed by atoms with E-state index in [2.05, 4.69) is 18.3 Å². The van der Waals surface area contributed by atoms with Crippen molar-refractivity contribution in [3.63, 3.8) is 0 Å². The van der Waals surface area contributed by atoms with E-state index in [0.717, 1.165) is 18.5 Å². The van der Waals surface area contributed by atoms with Crippen LogP contribution in [0.25, 0.3) is 0 Å². The van der Waals surface area contributed by atoms with Crippen molar-refractivity contribution in [2.75, 3.05) is 5.32 Å². The van der Waals surface area contributed by atoms with Crippen LogP contribution in [0.3, 0.4) is 0 Å². The molecule has 0 spiro atoms. The molecular formula is C14H23NO. The molecule has 1 N–H and O–H groups in total. The van der Waals surface area contributed by atoms with E-state index in [-0.39, 0.29) is 5.91 Å². The molecule has 90 valence electrons. The zero-order valence-electron chi connectivity index (χ0n) is 10.8. The fraction of sp³-hybridized carbons (Fsp3) is 0.500. The van der Waals surface area contributed by atoms with Crippen LogP contribution >= 0.6 is 0 Å². The Labute approximate surface area is 99.1 Å². The van der Waals surface area contributed by atoms with E-state index >= 15 is 0 Å². The Kier molecular flexibility index (Phi) is 8.22. The Balaban J connectivity index is 0.00000106. The fourth-order valence-corrected chi connectivity index (χ4v) is 1.42. The van der Waals surface area contributed by atoms with Gasteiger partial charge in [0.1, 0.15) is 0 Å². The number of carbonyl (C=O) groups excluding carboxylic acids is 1. The maximum atomic E-state index is 10.9. The number of benzene rings is 1. The van der Waals surface area contributed by atoms with Crippen LogP contribution in [0.1, 0.15) is 46.1 Å². The molecule has 0 aliphatic rings. The second-order valence-electron chi connectivity index (χ2n) is 3.44. The Morgan fingerprint density at radius 3 is 2.44 bits per heavy atom. The topological polar surface area (TPSA) is 29.1 Å². The van der Waals surface area contributed by atoms with E-state index in [0.29, 0.717) is 0 Å². The largest absolute Gasteiger partial charge is 0.326 e. The molecule has 0 bridgehead atoms. The summed E-state index contributed by atoms with van der Waals surface area (Å²) in [6.45, 7) is 7.71. The third-order valence-electron chi connectivity index (χ3n) is 2.13. The normalized spacial score (nSPS) is 9.00. The first kappa shape index (κ1) is 14.7. The number of hydrogen-bond acceptors (Lipinski definition) is 1. The van der Waals surface area contributed by atoms with Crippen molar-refractivity contribution in [1.82, 2.24) is 0 Å². The average Bonchev–Trinajstić information content (AvgIpc) is 2.30. The van der Waals surface area contributed by atoms with E-state index in [1.54, 1.807) is 0 Å². The summed E-state index contributed by atoms with van der Waals surface area (Å²) in [5.41, 5.74) is 2.18. The van der Waals surface area contributed by atoms with Crippen LogP contribution in [0, 0.1) is 0 Å². The number of carbonyl (C=O) groups is 1. The van der Waals surface area contributed by atoms with Crippen molar-refractivity contribution >= 4 is 11.6 Å². The zero-order chi connectivity index (χ0) is 12.4. The van der Waals surface area contributed by atoms with Crippen LogP contribution in [-0.2, 0) is 11.2 Å². The molecule has 0 fully saturated rings. The average molecular weight is 221 g/mol. The van der Waals surface area contributed by atoms with Gasteiger partial charge in [-0.05, 0) is 24.5 Å². The smallest absolute Gasteiger partial charge is 0.221 e. The number of para-hydroxylation sites is 1. The highest BCUT2D eigenvalue weighted by Crippen LogP contribution is 2.17. The molecule has 0 atom stereocenters. The monoisotopic (exact) mass is 221 g/mol. The summed E-state index contributed by atoms with van der Waals surface area (Å²) in [5.74, 6) is -0.00560. The first-order chi connectivity index (χ1) is 7.74. The Hall–Kier alpha value is -1.31. The molecule has 1 rings (SSSR count). The molecule has 0 aliphatic carbocycles. The van der Waals surface area contributed by atoms with Gasteiger partial charge >= 0.3 is 0 Å². The number of unbranched alkanes of at least 4 members (excludes halogenated alkanes) is 1. The number of hydrogen-bond donors (Lipinski definition) is 1. The van der Waals surface area contributed by atoms with Gasteiger partial charge in [0.25, 0.3) is 0 Å². The molecule has 0 saturated heterocycles. The minimum atomic E-state index is -0.00560. The Bertz CT molecular complexity index is 307. The molecule has 0 unspecified atom stereocenters. The second kappa shape index (κ2) is 8.96. The van der Waals surface area contributed by atoms with Gasteiger partial charge in [-0.25, -0.2) is 0 Å². The van der Waals surface area contributed by atoms with Crippen LogP contribution in [0.4, 0.5) is 5.69 Å². The van der Waals surface area contributed by atoms with E-state index in [1.165, 1.54) is 18.9 Å². The van der Waals surface area contributed by atoms with Gasteiger partial charge in [0, 0.05) is 12.6 Å². The van der Waals surface area contributed by atoms with Gasteiger partial charge < -0.3 is 5.32 Å². The zero-order valence-corrected chi connectivity index (χ0v) is 10.8. The third kappa shape index (κ3) is 5.54. The molecule has 1 amide bonds. The Morgan fingerprint density at radius 1 is 1.25 bits per heavy atom. The maximum absolute atomic E-state index is 10.9. The summed E-state index contributed by atoms with van der Waals surface area (Å²) in [6, 6.07) is 7.98. The predicted molar refractivity (Wildman–Crippen MR) is 70.7 cm³/mol. The van der Waals surface area contributed by atoms with Gasteiger partial charge in [0.05, 0.1) is 0 Å². The van der Waals surface area contributed by atoms with Gasteiger partial charge in [-0.2, -0.15) is 0 Å². The highest BCUT2D eigenvalue weighted by atomic mass is 16.1. The molecule has 0 aromatic heterocycles. The lowest BCUT2D eigenvalue weighted by Crippen LogP contribution is -2.07. The summed E-state index contributed by atoms with van der Waals surface area (Å²) >= 11 is 0. The molecule has 2 nitrogen and oxygen atoms in total. The van der Waals surface area contributed by atoms with Crippen LogP contribution in [-0.4, -0.2) is 5.91 Å². The predicted octanol–water partition coefficient (Wildman–Crippen LogP) is 4.01. The molecule has 0 radical (unpaired) electrons. The van der Waals surface area contributed by atoms with Gasteiger partial charge in [-0.3, -0.25) is 4.79 Å². The standard InChI is InChI=1S/C12H17NO.C2H6/c1-3-4-7-11-8-5-6-9-12(11)13-10(2)14;1-2/h5-6,8-9H,3-4,7H2,1-2H3,(H,13,14);1-2H3.